The largest absolute Gasteiger partial charge is 0.394 e. The Hall–Kier alpha value is -0.910. The zero-order chi connectivity index (χ0) is 13.8. The summed E-state index contributed by atoms with van der Waals surface area (Å²) >= 11 is 0. The quantitative estimate of drug-likeness (QED) is 0.815. The first-order valence-electron chi connectivity index (χ1n) is 7.11. The molecule has 1 heterocycles. The Labute approximate surface area is 115 Å². The number of fused-ring (bicyclic) bond motifs is 1. The average molecular weight is 267 g/mol. The van der Waals surface area contributed by atoms with Gasteiger partial charge in [-0.05, 0) is 33.1 Å². The summed E-state index contributed by atoms with van der Waals surface area (Å²) in [5.74, 6) is 0. The molecule has 19 heavy (non-hydrogen) atoms. The van der Waals surface area contributed by atoms with Gasteiger partial charge in [-0.1, -0.05) is 0 Å². The van der Waals surface area contributed by atoms with Crippen molar-refractivity contribution in [3.05, 3.63) is 17.5 Å². The number of aromatic nitrogens is 2. The van der Waals surface area contributed by atoms with Crippen molar-refractivity contribution in [3.63, 3.8) is 0 Å². The van der Waals surface area contributed by atoms with Gasteiger partial charge in [0.1, 0.15) is 0 Å². The van der Waals surface area contributed by atoms with Gasteiger partial charge in [0.05, 0.1) is 25.5 Å². The van der Waals surface area contributed by atoms with Gasteiger partial charge in [-0.25, -0.2) is 0 Å². The maximum absolute atomic E-state index is 9.06. The summed E-state index contributed by atoms with van der Waals surface area (Å²) in [6.07, 6.45) is 5.50. The third kappa shape index (κ3) is 3.16. The van der Waals surface area contributed by atoms with Crippen molar-refractivity contribution < 1.29 is 9.84 Å². The smallest absolute Gasteiger partial charge is 0.0693 e. The van der Waals surface area contributed by atoms with E-state index in [9.17, 15) is 0 Å². The zero-order valence-corrected chi connectivity index (χ0v) is 12.1. The monoisotopic (exact) mass is 267 g/mol. The Morgan fingerprint density at radius 2 is 2.37 bits per heavy atom. The topological polar surface area (TPSA) is 59.3 Å². The molecule has 0 bridgehead atoms. The molecule has 2 rings (SSSR count). The number of nitrogens with one attached hydrogen (secondary N) is 1. The van der Waals surface area contributed by atoms with Gasteiger partial charge in [0.2, 0.25) is 0 Å². The van der Waals surface area contributed by atoms with Gasteiger partial charge in [-0.3, -0.25) is 4.68 Å². The van der Waals surface area contributed by atoms with Crippen LogP contribution < -0.4 is 5.32 Å². The van der Waals surface area contributed by atoms with Gasteiger partial charge in [-0.2, -0.15) is 5.10 Å². The van der Waals surface area contributed by atoms with Crippen LogP contribution >= 0.6 is 0 Å². The molecule has 5 nitrogen and oxygen atoms in total. The normalized spacial score (nSPS) is 22.0. The zero-order valence-electron chi connectivity index (χ0n) is 12.1. The Kier molecular flexibility index (Phi) is 4.96. The van der Waals surface area contributed by atoms with Crippen LogP contribution in [0.1, 0.15) is 44.0 Å². The molecule has 0 aromatic carbocycles. The summed E-state index contributed by atoms with van der Waals surface area (Å²) in [6, 6.07) is 0.658. The molecular weight excluding hydrogens is 242 g/mol. The third-order valence-electron chi connectivity index (χ3n) is 4.11. The van der Waals surface area contributed by atoms with E-state index in [2.05, 4.69) is 24.3 Å². The first kappa shape index (κ1) is 14.5. The number of aliphatic hydroxyl groups is 1. The van der Waals surface area contributed by atoms with E-state index in [4.69, 9.17) is 9.84 Å². The molecule has 0 fully saturated rings. The molecule has 2 N–H and O–H groups in total. The van der Waals surface area contributed by atoms with E-state index in [0.29, 0.717) is 18.6 Å². The molecule has 108 valence electrons. The first-order chi connectivity index (χ1) is 9.17. The van der Waals surface area contributed by atoms with Crippen LogP contribution in [0.25, 0.3) is 0 Å². The van der Waals surface area contributed by atoms with Gasteiger partial charge >= 0.3 is 0 Å². The van der Waals surface area contributed by atoms with Crippen LogP contribution in [0.3, 0.4) is 0 Å². The molecule has 0 saturated carbocycles. The highest BCUT2D eigenvalue weighted by molar-refractivity contribution is 5.25. The number of methoxy groups -OCH3 is 1. The van der Waals surface area contributed by atoms with Crippen LogP contribution in [0, 0.1) is 0 Å². The Morgan fingerprint density at radius 3 is 3.05 bits per heavy atom. The van der Waals surface area contributed by atoms with Crippen LogP contribution in [-0.2, 0) is 17.7 Å². The van der Waals surface area contributed by atoms with E-state index in [1.807, 2.05) is 10.9 Å². The standard InChI is InChI=1S/C14H25N3O2/c1-10(11(2)19-3)16-13-5-4-6-14-12(13)9-15-17(14)7-8-18/h9-11,13,16,18H,4-8H2,1-3H3. The maximum atomic E-state index is 9.06. The van der Waals surface area contributed by atoms with Crippen LogP contribution in [0.15, 0.2) is 6.20 Å². The van der Waals surface area contributed by atoms with E-state index < -0.39 is 0 Å². The Balaban J connectivity index is 2.09. The van der Waals surface area contributed by atoms with Crippen molar-refractivity contribution in [1.29, 1.82) is 0 Å². The lowest BCUT2D eigenvalue weighted by molar-refractivity contribution is 0.0833. The van der Waals surface area contributed by atoms with Crippen LogP contribution in [0.4, 0.5) is 0 Å². The highest BCUT2D eigenvalue weighted by atomic mass is 16.5. The summed E-state index contributed by atoms with van der Waals surface area (Å²) in [5.41, 5.74) is 2.56. The average Bonchev–Trinajstić information content (AvgIpc) is 2.83. The lowest BCUT2D eigenvalue weighted by Crippen LogP contribution is -2.40. The Morgan fingerprint density at radius 1 is 1.58 bits per heavy atom. The second-order valence-electron chi connectivity index (χ2n) is 5.33. The number of rotatable bonds is 6. The lowest BCUT2D eigenvalue weighted by Gasteiger charge is -2.29. The molecular formula is C14H25N3O2. The molecule has 0 spiro atoms. The number of aliphatic hydroxyl groups excluding tert-OH is 1. The van der Waals surface area contributed by atoms with E-state index in [1.165, 1.54) is 11.3 Å². The fraction of sp³-hybridized carbons (Fsp3) is 0.786. The fourth-order valence-electron chi connectivity index (χ4n) is 2.74. The van der Waals surface area contributed by atoms with Gasteiger partial charge in [0.15, 0.2) is 0 Å². The minimum absolute atomic E-state index is 0.142. The summed E-state index contributed by atoms with van der Waals surface area (Å²) in [5, 5.41) is 17.1. The molecule has 1 aliphatic carbocycles. The van der Waals surface area contributed by atoms with Crippen molar-refractivity contribution >= 4 is 0 Å². The second-order valence-corrected chi connectivity index (χ2v) is 5.33. The SMILES string of the molecule is COC(C)C(C)NC1CCCc2c1cnn2CCO. The summed E-state index contributed by atoms with van der Waals surface area (Å²) in [6.45, 7) is 4.96. The lowest BCUT2D eigenvalue weighted by atomic mass is 9.92. The Bertz CT molecular complexity index is 405. The van der Waals surface area contributed by atoms with E-state index in [0.717, 1.165) is 19.3 Å². The van der Waals surface area contributed by atoms with Crippen molar-refractivity contribution in [3.8, 4) is 0 Å². The van der Waals surface area contributed by atoms with E-state index >= 15 is 0 Å². The molecule has 5 heteroatoms. The molecule has 0 saturated heterocycles. The van der Waals surface area contributed by atoms with Crippen molar-refractivity contribution in [2.75, 3.05) is 13.7 Å². The second kappa shape index (κ2) is 6.50. The van der Waals surface area contributed by atoms with Crippen LogP contribution in [0.2, 0.25) is 0 Å². The fourth-order valence-corrected chi connectivity index (χ4v) is 2.74. The molecule has 0 amide bonds. The minimum atomic E-state index is 0.142. The number of nitrogens with zero attached hydrogens (tertiary/aromatic N) is 2. The van der Waals surface area contributed by atoms with Gasteiger partial charge in [0, 0.05) is 30.5 Å². The van der Waals surface area contributed by atoms with Gasteiger partial charge in [0.25, 0.3) is 0 Å². The van der Waals surface area contributed by atoms with Crippen molar-refractivity contribution in [1.82, 2.24) is 15.1 Å². The molecule has 3 unspecified atom stereocenters. The van der Waals surface area contributed by atoms with Crippen LogP contribution in [-0.4, -0.2) is 40.7 Å². The predicted molar refractivity (Wildman–Crippen MR) is 74.1 cm³/mol. The van der Waals surface area contributed by atoms with Crippen molar-refractivity contribution in [2.45, 2.75) is 57.8 Å². The highest BCUT2D eigenvalue weighted by Crippen LogP contribution is 2.30. The summed E-state index contributed by atoms with van der Waals surface area (Å²) in [7, 11) is 1.74. The highest BCUT2D eigenvalue weighted by Gasteiger charge is 2.26. The molecule has 0 aliphatic heterocycles. The van der Waals surface area contributed by atoms with Gasteiger partial charge in [-0.15, -0.1) is 0 Å². The van der Waals surface area contributed by atoms with E-state index in [-0.39, 0.29) is 12.7 Å². The number of ether oxygens (including phenoxy) is 1. The third-order valence-corrected chi connectivity index (χ3v) is 4.11. The van der Waals surface area contributed by atoms with Crippen LogP contribution in [0.5, 0.6) is 0 Å². The molecule has 0 radical (unpaired) electrons. The number of hydrogen-bond donors (Lipinski definition) is 2. The molecule has 3 atom stereocenters. The molecule has 1 aromatic heterocycles. The van der Waals surface area contributed by atoms with Gasteiger partial charge < -0.3 is 15.2 Å². The summed E-state index contributed by atoms with van der Waals surface area (Å²) < 4.78 is 7.31. The molecule has 1 aliphatic rings. The van der Waals surface area contributed by atoms with E-state index in [1.54, 1.807) is 7.11 Å². The maximum Gasteiger partial charge on any atom is 0.0693 e. The van der Waals surface area contributed by atoms with Crippen molar-refractivity contribution in [2.24, 2.45) is 0 Å². The summed E-state index contributed by atoms with van der Waals surface area (Å²) in [4.78, 5) is 0. The first-order valence-corrected chi connectivity index (χ1v) is 7.11. The predicted octanol–water partition coefficient (Wildman–Crippen LogP) is 1.27. The minimum Gasteiger partial charge on any atom is -0.394 e. The number of hydrogen-bond acceptors (Lipinski definition) is 4. The molecule has 1 aromatic rings.